The molecule has 0 aliphatic heterocycles. The average molecular weight is 537 g/mol. The van der Waals surface area contributed by atoms with Crippen LogP contribution in [0.4, 0.5) is 0 Å². The van der Waals surface area contributed by atoms with Crippen molar-refractivity contribution in [2.75, 3.05) is 27.2 Å². The molecule has 3 rings (SSSR count). The second-order valence-electron chi connectivity index (χ2n) is 7.34. The van der Waals surface area contributed by atoms with E-state index >= 15 is 0 Å². The fourth-order valence-corrected chi connectivity index (χ4v) is 3.44. The first-order valence-corrected chi connectivity index (χ1v) is 12.0. The summed E-state index contributed by atoms with van der Waals surface area (Å²) < 4.78 is 1.64. The number of carbonyl (C=O) groups is 1. The Hall–Kier alpha value is -2.48. The molecular formula is C26H32Cl3N5O. The second kappa shape index (κ2) is 17.0. The van der Waals surface area contributed by atoms with E-state index in [2.05, 4.69) is 27.9 Å². The molecule has 3 N–H and O–H groups in total. The first kappa shape index (κ1) is 30.6. The van der Waals surface area contributed by atoms with Gasteiger partial charge in [-0.05, 0) is 69.7 Å². The van der Waals surface area contributed by atoms with Crippen LogP contribution in [0.15, 0.2) is 66.6 Å². The molecule has 35 heavy (non-hydrogen) atoms. The van der Waals surface area contributed by atoms with Crippen molar-refractivity contribution in [3.05, 3.63) is 93.5 Å². The van der Waals surface area contributed by atoms with Gasteiger partial charge in [0.1, 0.15) is 12.0 Å². The summed E-state index contributed by atoms with van der Waals surface area (Å²) in [6.45, 7) is 7.58. The highest BCUT2D eigenvalue weighted by atomic mass is 35.5. The maximum absolute atomic E-state index is 10.5. The number of imidazole rings is 1. The number of aliphatic imine (C=N–C) groups is 1. The summed E-state index contributed by atoms with van der Waals surface area (Å²) in [6.07, 6.45) is 5.69. The van der Waals surface area contributed by atoms with E-state index in [1.807, 2.05) is 32.2 Å². The summed E-state index contributed by atoms with van der Waals surface area (Å²) in [5.74, 6) is 0. The maximum atomic E-state index is 10.5. The number of hydrogen-bond donors (Lipinski definition) is 2. The Bertz CT molecular complexity index is 1110. The topological polar surface area (TPSA) is 85.3 Å². The number of halogens is 3. The standard InChI is InChI=1S/C12H8Cl2N2O.C9H12ClN.C5H12N2/c1-8(16-5-10(6-17)15-7-16)11-3-2-9(13)4-12(11)14;1-11-7-6-8-4-2-3-5-9(8)10;1-5(7-2)3-4-6/h2-7H,1H2;2-5,11H,6-7H2,1H3;3-4,6H2,1-2H3. The number of aromatic nitrogens is 2. The van der Waals surface area contributed by atoms with E-state index in [-0.39, 0.29) is 0 Å². The molecule has 1 aromatic heterocycles. The fourth-order valence-electron chi connectivity index (χ4n) is 2.69. The van der Waals surface area contributed by atoms with Gasteiger partial charge >= 0.3 is 0 Å². The average Bonchev–Trinajstić information content (AvgIpc) is 3.34. The van der Waals surface area contributed by atoms with Gasteiger partial charge in [-0.2, -0.15) is 0 Å². The Kier molecular flexibility index (Phi) is 14.9. The molecule has 9 heteroatoms. The van der Waals surface area contributed by atoms with Crippen molar-refractivity contribution in [3.63, 3.8) is 0 Å². The van der Waals surface area contributed by atoms with Crippen molar-refractivity contribution >= 4 is 52.5 Å². The number of rotatable bonds is 8. The van der Waals surface area contributed by atoms with Crippen LogP contribution in [0, 0.1) is 0 Å². The largest absolute Gasteiger partial charge is 0.330 e. The highest BCUT2D eigenvalue weighted by Gasteiger charge is 2.08. The van der Waals surface area contributed by atoms with E-state index in [0.29, 0.717) is 34.3 Å². The molecule has 0 spiro atoms. The lowest BCUT2D eigenvalue weighted by Crippen LogP contribution is -2.10. The van der Waals surface area contributed by atoms with Gasteiger partial charge in [0.15, 0.2) is 6.29 Å². The van der Waals surface area contributed by atoms with E-state index < -0.39 is 0 Å². The maximum Gasteiger partial charge on any atom is 0.170 e. The minimum Gasteiger partial charge on any atom is -0.330 e. The molecular weight excluding hydrogens is 505 g/mol. The number of carbonyl (C=O) groups excluding carboxylic acids is 1. The molecule has 188 valence electrons. The lowest BCUT2D eigenvalue weighted by Gasteiger charge is -2.08. The SMILES string of the molecule is C=C(c1ccc(Cl)cc1Cl)n1cnc(C=O)c1.CN=C(C)CCN.CNCCc1ccccc1Cl. The van der Waals surface area contributed by atoms with Gasteiger partial charge in [0.2, 0.25) is 0 Å². The first-order valence-electron chi connectivity index (χ1n) is 10.9. The zero-order valence-corrected chi connectivity index (χ0v) is 22.5. The molecule has 0 radical (unpaired) electrons. The van der Waals surface area contributed by atoms with Crippen LogP contribution in [0.1, 0.15) is 35.0 Å². The Morgan fingerprint density at radius 2 is 1.91 bits per heavy atom. The highest BCUT2D eigenvalue weighted by molar-refractivity contribution is 6.35. The molecule has 2 aromatic carbocycles. The van der Waals surface area contributed by atoms with Crippen LogP contribution in [-0.4, -0.2) is 48.7 Å². The van der Waals surface area contributed by atoms with Gasteiger partial charge < -0.3 is 15.6 Å². The van der Waals surface area contributed by atoms with E-state index in [0.717, 1.165) is 35.7 Å². The van der Waals surface area contributed by atoms with Crippen molar-refractivity contribution in [2.45, 2.75) is 19.8 Å². The first-order chi connectivity index (χ1) is 16.8. The number of nitrogens with two attached hydrogens (primary N) is 1. The zero-order chi connectivity index (χ0) is 26.2. The quantitative estimate of drug-likeness (QED) is 0.271. The van der Waals surface area contributed by atoms with E-state index in [9.17, 15) is 4.79 Å². The Morgan fingerprint density at radius 1 is 1.20 bits per heavy atom. The zero-order valence-electron chi connectivity index (χ0n) is 20.3. The molecule has 3 aromatic rings. The predicted octanol–water partition coefficient (Wildman–Crippen LogP) is 6.05. The minimum atomic E-state index is 0.344. The summed E-state index contributed by atoms with van der Waals surface area (Å²) in [7, 11) is 3.72. The van der Waals surface area contributed by atoms with Gasteiger partial charge in [0.25, 0.3) is 0 Å². The van der Waals surface area contributed by atoms with Gasteiger partial charge in [-0.25, -0.2) is 4.98 Å². The van der Waals surface area contributed by atoms with Crippen molar-refractivity contribution in [3.8, 4) is 0 Å². The molecule has 0 bridgehead atoms. The van der Waals surface area contributed by atoms with Crippen LogP contribution in [0.25, 0.3) is 5.70 Å². The lowest BCUT2D eigenvalue weighted by molar-refractivity contribution is 0.111. The second-order valence-corrected chi connectivity index (χ2v) is 8.59. The minimum absolute atomic E-state index is 0.344. The van der Waals surface area contributed by atoms with Gasteiger partial charge in [-0.15, -0.1) is 0 Å². The molecule has 0 aliphatic carbocycles. The van der Waals surface area contributed by atoms with Gasteiger partial charge in [0.05, 0.1) is 5.02 Å². The van der Waals surface area contributed by atoms with E-state index in [1.165, 1.54) is 11.9 Å². The molecule has 0 atom stereocenters. The number of hydrogen-bond acceptors (Lipinski definition) is 5. The van der Waals surface area contributed by atoms with Gasteiger partial charge in [-0.1, -0.05) is 59.6 Å². The Morgan fingerprint density at radius 3 is 2.43 bits per heavy atom. The van der Waals surface area contributed by atoms with Crippen molar-refractivity contribution in [1.29, 1.82) is 0 Å². The number of nitrogens with one attached hydrogen (secondary N) is 1. The molecule has 0 aliphatic rings. The van der Waals surface area contributed by atoms with E-state index in [4.69, 9.17) is 40.5 Å². The van der Waals surface area contributed by atoms with Crippen LogP contribution in [0.3, 0.4) is 0 Å². The van der Waals surface area contributed by atoms with Gasteiger partial charge in [-0.3, -0.25) is 9.79 Å². The van der Waals surface area contributed by atoms with Crippen LogP contribution in [-0.2, 0) is 6.42 Å². The Labute approximate surface area is 222 Å². The molecule has 6 nitrogen and oxygen atoms in total. The third-order valence-corrected chi connectivity index (χ3v) is 5.68. The van der Waals surface area contributed by atoms with Crippen LogP contribution < -0.4 is 11.1 Å². The van der Waals surface area contributed by atoms with Gasteiger partial charge in [0, 0.05) is 40.3 Å². The molecule has 1 heterocycles. The number of likely N-dealkylation sites (N-methyl/N-ethyl adjacent to an activating group) is 1. The van der Waals surface area contributed by atoms with Crippen LogP contribution in [0.5, 0.6) is 0 Å². The monoisotopic (exact) mass is 535 g/mol. The lowest BCUT2D eigenvalue weighted by atomic mass is 10.1. The molecule has 0 saturated heterocycles. The Balaban J connectivity index is 0.000000293. The van der Waals surface area contributed by atoms with Crippen LogP contribution in [0.2, 0.25) is 15.1 Å². The summed E-state index contributed by atoms with van der Waals surface area (Å²) in [4.78, 5) is 18.3. The number of nitrogens with zero attached hydrogens (tertiary/aromatic N) is 3. The molecule has 0 amide bonds. The molecule has 0 unspecified atom stereocenters. The van der Waals surface area contributed by atoms with Crippen molar-refractivity contribution in [1.82, 2.24) is 14.9 Å². The number of aldehydes is 1. The van der Waals surface area contributed by atoms with Crippen molar-refractivity contribution in [2.24, 2.45) is 10.7 Å². The van der Waals surface area contributed by atoms with E-state index in [1.54, 1.807) is 36.0 Å². The molecule has 0 saturated carbocycles. The third-order valence-electron chi connectivity index (χ3n) is 4.77. The third kappa shape index (κ3) is 11.2. The van der Waals surface area contributed by atoms with Crippen LogP contribution >= 0.6 is 34.8 Å². The normalized spacial score (nSPS) is 10.5. The summed E-state index contributed by atoms with van der Waals surface area (Å²) in [5, 5.41) is 5.01. The highest BCUT2D eigenvalue weighted by Crippen LogP contribution is 2.27. The smallest absolute Gasteiger partial charge is 0.170 e. The predicted molar refractivity (Wildman–Crippen MR) is 150 cm³/mol. The summed E-state index contributed by atoms with van der Waals surface area (Å²) >= 11 is 17.8. The fraction of sp³-hybridized carbons (Fsp3) is 0.269. The molecule has 0 fully saturated rings. The summed E-state index contributed by atoms with van der Waals surface area (Å²) in [6, 6.07) is 13.1. The number of benzene rings is 2. The summed E-state index contributed by atoms with van der Waals surface area (Å²) in [5.41, 5.74) is 9.28. The van der Waals surface area contributed by atoms with Crippen molar-refractivity contribution < 1.29 is 4.79 Å².